The Morgan fingerprint density at radius 1 is 1.08 bits per heavy atom. The number of rotatable bonds is 12. The first-order chi connectivity index (χ1) is 11.7. The molecule has 0 saturated carbocycles. The van der Waals surface area contributed by atoms with E-state index in [-0.39, 0.29) is 0 Å². The molecule has 11 nitrogen and oxygen atoms in total. The van der Waals surface area contributed by atoms with Crippen LogP contribution < -0.4 is 10.6 Å². The van der Waals surface area contributed by atoms with Crippen LogP contribution in [0.3, 0.4) is 0 Å². The molecule has 2 amide bonds. The lowest BCUT2D eigenvalue weighted by Gasteiger charge is -2.24. The van der Waals surface area contributed by atoms with Crippen LogP contribution in [0, 0.1) is 0 Å². The number of nitrogens with zero attached hydrogens (tertiary/aromatic N) is 1. The van der Waals surface area contributed by atoms with Crippen LogP contribution in [-0.4, -0.2) is 83.5 Å². The zero-order valence-electron chi connectivity index (χ0n) is 15.5. The van der Waals surface area contributed by atoms with Gasteiger partial charge in [0.15, 0.2) is 6.04 Å². The highest BCUT2D eigenvalue weighted by atomic mass is 31.2. The summed E-state index contributed by atoms with van der Waals surface area (Å²) in [6.07, 6.45) is 1.73. The number of aliphatic carboxylic acids is 1. The molecule has 0 spiro atoms. The molecule has 0 aromatic carbocycles. The summed E-state index contributed by atoms with van der Waals surface area (Å²) in [6, 6.07) is -2.60. The summed E-state index contributed by atoms with van der Waals surface area (Å²) in [5, 5.41) is 13.6. The van der Waals surface area contributed by atoms with Crippen LogP contribution in [0.5, 0.6) is 0 Å². The fourth-order valence-corrected chi connectivity index (χ4v) is 2.41. The molecule has 2 atom stereocenters. The van der Waals surface area contributed by atoms with Gasteiger partial charge in [0.05, 0.1) is 34.3 Å². The molecule has 0 aliphatic rings. The van der Waals surface area contributed by atoms with Crippen molar-refractivity contribution < 1.29 is 42.8 Å². The van der Waals surface area contributed by atoms with Gasteiger partial charge in [-0.3, -0.25) is 14.1 Å². The number of nitrogens with one attached hydrogen (secondary N) is 2. The first kappa shape index (κ1) is 24.5. The molecule has 0 heterocycles. The van der Waals surface area contributed by atoms with Gasteiger partial charge in [-0.2, -0.15) is 0 Å². The van der Waals surface area contributed by atoms with Gasteiger partial charge in [-0.15, -0.1) is 0 Å². The summed E-state index contributed by atoms with van der Waals surface area (Å²) in [5.41, 5.74) is 0. The Morgan fingerprint density at radius 3 is 2.08 bits per heavy atom. The average Bonchev–Trinajstić information content (AvgIpc) is 2.43. The van der Waals surface area contributed by atoms with Crippen molar-refractivity contribution in [3.63, 3.8) is 0 Å². The van der Waals surface area contributed by atoms with Crippen molar-refractivity contribution in [2.45, 2.75) is 38.3 Å². The van der Waals surface area contributed by atoms with E-state index in [0.29, 0.717) is 12.8 Å². The van der Waals surface area contributed by atoms with Crippen LogP contribution in [0.2, 0.25) is 0 Å². The van der Waals surface area contributed by atoms with Gasteiger partial charge in [-0.25, -0.2) is 9.36 Å². The Hall–Kier alpha value is -1.52. The van der Waals surface area contributed by atoms with E-state index in [4.69, 9.17) is 14.9 Å². The normalized spacial score (nSPS) is 14.4. The Kier molecular flexibility index (Phi) is 9.97. The number of phosphoric ester groups is 1. The Labute approximate surface area is 152 Å². The van der Waals surface area contributed by atoms with Crippen LogP contribution in [0.15, 0.2) is 0 Å². The highest BCUT2D eigenvalue weighted by Crippen LogP contribution is 2.35. The zero-order chi connectivity index (χ0) is 20.5. The van der Waals surface area contributed by atoms with Crippen molar-refractivity contribution in [2.24, 2.45) is 0 Å². The average molecular weight is 398 g/mol. The summed E-state index contributed by atoms with van der Waals surface area (Å²) < 4.78 is 15.6. The highest BCUT2D eigenvalue weighted by molar-refractivity contribution is 7.46. The quantitative estimate of drug-likeness (QED) is 0.160. The van der Waals surface area contributed by atoms with Crippen LogP contribution in [-0.2, 0) is 23.5 Å². The molecule has 0 radical (unpaired) electrons. The first-order valence-electron chi connectivity index (χ1n) is 8.02. The predicted octanol–water partition coefficient (Wildman–Crippen LogP) is -0.954. The monoisotopic (exact) mass is 398 g/mol. The Balaban J connectivity index is 4.79. The predicted molar refractivity (Wildman–Crippen MR) is 91.9 cm³/mol. The van der Waals surface area contributed by atoms with E-state index < -0.39 is 44.3 Å². The highest BCUT2D eigenvalue weighted by Gasteiger charge is 2.28. The summed E-state index contributed by atoms with van der Waals surface area (Å²) >= 11 is 0. The molecule has 5 N–H and O–H groups in total. The van der Waals surface area contributed by atoms with Crippen LogP contribution in [0.4, 0.5) is 0 Å². The fourth-order valence-electron chi connectivity index (χ4n) is 2.07. The van der Waals surface area contributed by atoms with Gasteiger partial charge in [0.25, 0.3) is 0 Å². The minimum absolute atomic E-state index is 0.303. The first-order valence-corrected chi connectivity index (χ1v) is 9.55. The molecule has 0 fully saturated rings. The molecule has 12 heteroatoms. The second kappa shape index (κ2) is 10.6. The van der Waals surface area contributed by atoms with Crippen LogP contribution in [0.1, 0.15) is 26.2 Å². The van der Waals surface area contributed by atoms with Gasteiger partial charge in [-0.1, -0.05) is 0 Å². The molecule has 0 rings (SSSR count). The van der Waals surface area contributed by atoms with E-state index in [1.807, 2.05) is 21.1 Å². The van der Waals surface area contributed by atoms with E-state index in [1.54, 1.807) is 0 Å². The van der Waals surface area contributed by atoms with Gasteiger partial charge in [0.1, 0.15) is 6.04 Å². The van der Waals surface area contributed by atoms with Crippen molar-refractivity contribution >= 4 is 25.6 Å². The fraction of sp³-hybridized carbons (Fsp3) is 0.786. The minimum Gasteiger partial charge on any atom is -0.480 e. The second-order valence-electron chi connectivity index (χ2n) is 6.95. The van der Waals surface area contributed by atoms with E-state index in [9.17, 15) is 18.9 Å². The molecule has 0 aromatic heterocycles. The molecule has 26 heavy (non-hydrogen) atoms. The van der Waals surface area contributed by atoms with E-state index in [2.05, 4.69) is 15.2 Å². The molecule has 0 unspecified atom stereocenters. The summed E-state index contributed by atoms with van der Waals surface area (Å²) in [7, 11) is 1.20. The zero-order valence-corrected chi connectivity index (χ0v) is 16.4. The maximum atomic E-state index is 12.3. The van der Waals surface area contributed by atoms with Gasteiger partial charge in [0.2, 0.25) is 11.8 Å². The third-order valence-electron chi connectivity index (χ3n) is 3.29. The number of carboxylic acid groups (broad SMARTS) is 1. The van der Waals surface area contributed by atoms with Crippen LogP contribution >= 0.6 is 7.82 Å². The van der Waals surface area contributed by atoms with E-state index >= 15 is 0 Å². The van der Waals surface area contributed by atoms with E-state index in [0.717, 1.165) is 17.4 Å². The Bertz CT molecular complexity index is 543. The maximum absolute atomic E-state index is 12.3. The van der Waals surface area contributed by atoms with Gasteiger partial charge >= 0.3 is 13.8 Å². The lowest BCUT2D eigenvalue weighted by molar-refractivity contribution is -0.870. The molecule has 0 aliphatic heterocycles. The topological polar surface area (TPSA) is 162 Å². The molecular formula is C14H29N3O8P+. The summed E-state index contributed by atoms with van der Waals surface area (Å²) in [5.74, 6) is -2.72. The molecule has 0 aliphatic carbocycles. The van der Waals surface area contributed by atoms with Crippen molar-refractivity contribution in [2.75, 3.05) is 34.3 Å². The van der Waals surface area contributed by atoms with E-state index in [1.165, 1.54) is 6.92 Å². The number of carbonyl (C=O) groups is 3. The van der Waals surface area contributed by atoms with Gasteiger partial charge in [0, 0.05) is 6.92 Å². The van der Waals surface area contributed by atoms with Crippen molar-refractivity contribution in [3.8, 4) is 0 Å². The van der Waals surface area contributed by atoms with Crippen LogP contribution in [0.25, 0.3) is 0 Å². The van der Waals surface area contributed by atoms with Crippen molar-refractivity contribution in [1.29, 1.82) is 0 Å². The number of quaternary nitrogens is 1. The second-order valence-corrected chi connectivity index (χ2v) is 8.19. The standard InChI is InChI=1S/C14H28N3O8P/c1-10(18)15-11(7-5-6-8-17(2,3)4)13(19)16-12(14(20)21)9-25-26(22,23)24/h11-12H,5-9H2,1-4H3,(H4-,15,16,18,19,20,21,22,23,24)/p+1/t11-,12-/m0/s1. The smallest absolute Gasteiger partial charge is 0.469 e. The SMILES string of the molecule is CC(=O)N[C@@H](CCCC[N+](C)(C)C)C(=O)N[C@@H](COP(=O)(O)O)C(=O)O. The minimum atomic E-state index is -4.87. The number of phosphoric acid groups is 1. The number of carboxylic acids is 1. The summed E-state index contributed by atoms with van der Waals surface area (Å²) in [6.45, 7) is 1.19. The molecule has 152 valence electrons. The lowest BCUT2D eigenvalue weighted by Crippen LogP contribution is -2.52. The molecule has 0 aromatic rings. The molecule has 0 saturated heterocycles. The van der Waals surface area contributed by atoms with Gasteiger partial charge < -0.3 is 30.0 Å². The Morgan fingerprint density at radius 2 is 1.65 bits per heavy atom. The maximum Gasteiger partial charge on any atom is 0.469 e. The largest absolute Gasteiger partial charge is 0.480 e. The number of hydrogen-bond acceptors (Lipinski definition) is 5. The molecule has 0 bridgehead atoms. The number of carbonyl (C=O) groups excluding carboxylic acids is 2. The summed E-state index contributed by atoms with van der Waals surface area (Å²) in [4.78, 5) is 52.0. The number of hydrogen-bond donors (Lipinski definition) is 5. The van der Waals surface area contributed by atoms with Crippen molar-refractivity contribution in [3.05, 3.63) is 0 Å². The lowest BCUT2D eigenvalue weighted by atomic mass is 10.1. The van der Waals surface area contributed by atoms with Gasteiger partial charge in [-0.05, 0) is 19.3 Å². The third kappa shape index (κ3) is 12.8. The number of amides is 2. The molecular weight excluding hydrogens is 369 g/mol. The third-order valence-corrected chi connectivity index (χ3v) is 3.78. The number of unbranched alkanes of at least 4 members (excludes halogenated alkanes) is 1. The van der Waals surface area contributed by atoms with Crippen molar-refractivity contribution in [1.82, 2.24) is 10.6 Å².